The van der Waals surface area contributed by atoms with Gasteiger partial charge in [-0.15, -0.1) is 11.6 Å². The van der Waals surface area contributed by atoms with E-state index in [1.54, 1.807) is 18.2 Å². The molecule has 1 aromatic carbocycles. The van der Waals surface area contributed by atoms with Gasteiger partial charge in [-0.2, -0.15) is 8.73 Å². The van der Waals surface area contributed by atoms with E-state index in [-0.39, 0.29) is 10.3 Å². The average molecular weight is 332 g/mol. The van der Waals surface area contributed by atoms with Crippen molar-refractivity contribution < 1.29 is 8.42 Å². The minimum Gasteiger partial charge on any atom is -0.211 e. The van der Waals surface area contributed by atoms with Crippen LogP contribution in [0.15, 0.2) is 31.8 Å². The molecule has 0 amide bonds. The number of hydrogen-bond acceptors (Lipinski definition) is 4. The molecule has 0 bridgehead atoms. The van der Waals surface area contributed by atoms with Crippen molar-refractivity contribution in [3.63, 3.8) is 0 Å². The summed E-state index contributed by atoms with van der Waals surface area (Å²) in [5.41, 5.74) is 1.11. The molecule has 0 saturated heterocycles. The summed E-state index contributed by atoms with van der Waals surface area (Å²) in [5, 5.41) is 0. The lowest BCUT2D eigenvalue weighted by molar-refractivity contribution is 0.478. The van der Waals surface area contributed by atoms with E-state index in [0.29, 0.717) is 23.8 Å². The Labute approximate surface area is 126 Å². The molecule has 1 fully saturated rings. The molecule has 2 aliphatic rings. The van der Waals surface area contributed by atoms with Gasteiger partial charge < -0.3 is 0 Å². The van der Waals surface area contributed by atoms with Crippen LogP contribution in [0, 0.1) is 5.41 Å². The SMILES string of the molecule is O=S(=O)(NCC1(CCCl)CC1)c1cccc2c1N=S=N2. The third kappa shape index (κ3) is 2.67. The monoisotopic (exact) mass is 331 g/mol. The van der Waals surface area contributed by atoms with Gasteiger partial charge in [-0.05, 0) is 36.8 Å². The smallest absolute Gasteiger partial charge is 0.211 e. The second-order valence-electron chi connectivity index (χ2n) is 5.15. The van der Waals surface area contributed by atoms with Crippen LogP contribution in [0.1, 0.15) is 19.3 Å². The molecular weight excluding hydrogens is 318 g/mol. The van der Waals surface area contributed by atoms with Crippen molar-refractivity contribution in [1.29, 1.82) is 0 Å². The summed E-state index contributed by atoms with van der Waals surface area (Å²) in [6, 6.07) is 5.00. The van der Waals surface area contributed by atoms with Crippen LogP contribution in [-0.2, 0) is 21.4 Å². The summed E-state index contributed by atoms with van der Waals surface area (Å²) < 4.78 is 35.7. The molecule has 108 valence electrons. The molecule has 3 rings (SSSR count). The van der Waals surface area contributed by atoms with Crippen LogP contribution in [0.5, 0.6) is 0 Å². The predicted molar refractivity (Wildman–Crippen MR) is 80.2 cm³/mol. The Bertz CT molecular complexity index is 707. The second-order valence-corrected chi connectivity index (χ2v) is 7.79. The lowest BCUT2D eigenvalue weighted by atomic mass is 10.1. The number of alkyl halides is 1. The van der Waals surface area contributed by atoms with E-state index in [2.05, 4.69) is 13.4 Å². The first kappa shape index (κ1) is 14.2. The Morgan fingerprint density at radius 3 is 2.85 bits per heavy atom. The van der Waals surface area contributed by atoms with Crippen LogP contribution >= 0.6 is 11.6 Å². The van der Waals surface area contributed by atoms with Crippen molar-refractivity contribution in [2.24, 2.45) is 14.1 Å². The molecule has 0 aromatic heterocycles. The Hall–Kier alpha value is -0.760. The zero-order valence-corrected chi connectivity index (χ0v) is 13.1. The van der Waals surface area contributed by atoms with Crippen molar-refractivity contribution in [3.05, 3.63) is 18.2 Å². The normalized spacial score (nSPS) is 18.6. The van der Waals surface area contributed by atoms with E-state index in [1.165, 1.54) is 0 Å². The number of fused-ring (bicyclic) bond motifs is 1. The largest absolute Gasteiger partial charge is 0.242 e. The molecule has 0 atom stereocenters. The van der Waals surface area contributed by atoms with Crippen molar-refractivity contribution in [2.75, 3.05) is 12.4 Å². The maximum Gasteiger partial charge on any atom is 0.242 e. The maximum absolute atomic E-state index is 12.4. The van der Waals surface area contributed by atoms with Gasteiger partial charge in [0.15, 0.2) is 0 Å². The van der Waals surface area contributed by atoms with Crippen LogP contribution in [0.2, 0.25) is 0 Å². The van der Waals surface area contributed by atoms with Gasteiger partial charge in [-0.1, -0.05) is 6.07 Å². The molecule has 0 unspecified atom stereocenters. The van der Waals surface area contributed by atoms with Gasteiger partial charge in [-0.3, -0.25) is 0 Å². The molecule has 1 aliphatic carbocycles. The van der Waals surface area contributed by atoms with Gasteiger partial charge in [0.25, 0.3) is 0 Å². The average Bonchev–Trinajstić information content (AvgIpc) is 3.02. The predicted octanol–water partition coefficient (Wildman–Crippen LogP) is 3.10. The Kier molecular flexibility index (Phi) is 3.70. The van der Waals surface area contributed by atoms with Gasteiger partial charge in [0.2, 0.25) is 10.0 Å². The Morgan fingerprint density at radius 2 is 2.15 bits per heavy atom. The van der Waals surface area contributed by atoms with Crippen LogP contribution in [0.3, 0.4) is 0 Å². The second kappa shape index (κ2) is 5.22. The summed E-state index contributed by atoms with van der Waals surface area (Å²) in [6.07, 6.45) is 2.91. The first-order valence-corrected chi connectivity index (χ1v) is 9.08. The Morgan fingerprint density at radius 1 is 1.35 bits per heavy atom. The summed E-state index contributed by atoms with van der Waals surface area (Å²) >= 11 is 6.78. The van der Waals surface area contributed by atoms with Crippen molar-refractivity contribution in [3.8, 4) is 0 Å². The number of rotatable bonds is 6. The lowest BCUT2D eigenvalue weighted by Crippen LogP contribution is -2.30. The summed E-state index contributed by atoms with van der Waals surface area (Å²) in [5.74, 6) is 0.563. The lowest BCUT2D eigenvalue weighted by Gasteiger charge is -2.15. The van der Waals surface area contributed by atoms with Gasteiger partial charge >= 0.3 is 0 Å². The van der Waals surface area contributed by atoms with Gasteiger partial charge in [0, 0.05) is 12.4 Å². The molecule has 1 saturated carbocycles. The van der Waals surface area contributed by atoms with E-state index < -0.39 is 10.0 Å². The summed E-state index contributed by atoms with van der Waals surface area (Å²) in [6.45, 7) is 0.440. The number of sulfonamides is 1. The zero-order valence-electron chi connectivity index (χ0n) is 10.7. The van der Waals surface area contributed by atoms with E-state index >= 15 is 0 Å². The minimum atomic E-state index is -3.56. The molecule has 1 aromatic rings. The number of benzene rings is 1. The molecule has 5 nitrogen and oxygen atoms in total. The van der Waals surface area contributed by atoms with E-state index in [4.69, 9.17) is 11.6 Å². The molecule has 1 aliphatic heterocycles. The van der Waals surface area contributed by atoms with E-state index in [0.717, 1.165) is 30.6 Å². The molecule has 1 N–H and O–H groups in total. The van der Waals surface area contributed by atoms with E-state index in [1.807, 2.05) is 0 Å². The highest BCUT2D eigenvalue weighted by Gasteiger charge is 2.42. The highest BCUT2D eigenvalue weighted by atomic mass is 35.5. The molecule has 1 heterocycles. The fraction of sp³-hybridized carbons (Fsp3) is 0.500. The van der Waals surface area contributed by atoms with Crippen molar-refractivity contribution in [1.82, 2.24) is 4.72 Å². The van der Waals surface area contributed by atoms with Gasteiger partial charge in [0.05, 0.1) is 11.4 Å². The molecule has 20 heavy (non-hydrogen) atoms. The van der Waals surface area contributed by atoms with Crippen LogP contribution in [0.25, 0.3) is 0 Å². The van der Waals surface area contributed by atoms with Crippen LogP contribution < -0.4 is 4.72 Å². The molecule has 0 radical (unpaired) electrons. The van der Waals surface area contributed by atoms with Gasteiger partial charge in [-0.25, -0.2) is 13.1 Å². The van der Waals surface area contributed by atoms with Crippen molar-refractivity contribution >= 4 is 44.4 Å². The standard InChI is InChI=1S/C12H14ClN3O2S2/c13-7-6-12(4-5-12)8-14-20(17,18)10-3-1-2-9-11(10)16-19-15-9/h1-3,14H,4-8H2. The van der Waals surface area contributed by atoms with Crippen LogP contribution in [-0.4, -0.2) is 20.8 Å². The quantitative estimate of drug-likeness (QED) is 0.826. The molecule has 8 heteroatoms. The minimum absolute atomic E-state index is 0.0586. The fourth-order valence-corrected chi connectivity index (χ4v) is 4.54. The molecular formula is C12H14ClN3O2S2. The number of nitrogens with one attached hydrogen (secondary N) is 1. The fourth-order valence-electron chi connectivity index (χ4n) is 2.22. The topological polar surface area (TPSA) is 70.9 Å². The Balaban J connectivity index is 1.80. The third-order valence-corrected chi connectivity index (χ3v) is 5.92. The van der Waals surface area contributed by atoms with Gasteiger partial charge in [0.1, 0.15) is 16.3 Å². The highest BCUT2D eigenvalue weighted by molar-refractivity contribution is 7.89. The third-order valence-electron chi connectivity index (χ3n) is 3.76. The number of nitrogens with zero attached hydrogens (tertiary/aromatic N) is 2. The summed E-state index contributed by atoms with van der Waals surface area (Å²) in [7, 11) is -3.56. The van der Waals surface area contributed by atoms with E-state index in [9.17, 15) is 8.42 Å². The number of hydrogen-bond donors (Lipinski definition) is 1. The zero-order chi connectivity index (χ0) is 14.2. The maximum atomic E-state index is 12.4. The first-order chi connectivity index (χ1) is 9.56. The molecule has 0 spiro atoms. The first-order valence-electron chi connectivity index (χ1n) is 6.33. The highest BCUT2D eigenvalue weighted by Crippen LogP contribution is 2.48. The van der Waals surface area contributed by atoms with Crippen LogP contribution in [0.4, 0.5) is 11.4 Å². The van der Waals surface area contributed by atoms with Crippen molar-refractivity contribution in [2.45, 2.75) is 24.2 Å². The summed E-state index contributed by atoms with van der Waals surface area (Å²) in [4.78, 5) is 0.199. The number of halogens is 1.